The van der Waals surface area contributed by atoms with Crippen LogP contribution in [0.3, 0.4) is 0 Å². The SMILES string of the molecule is CCc1ccc(NC(=O)[C@H](CC)Oc2cccc(Cl)c2)cc1. The van der Waals surface area contributed by atoms with E-state index in [0.29, 0.717) is 17.2 Å². The van der Waals surface area contributed by atoms with Gasteiger partial charge in [-0.15, -0.1) is 0 Å². The summed E-state index contributed by atoms with van der Waals surface area (Å²) in [6.45, 7) is 4.01. The molecule has 0 unspecified atom stereocenters. The second-order valence-electron chi connectivity index (χ2n) is 5.01. The summed E-state index contributed by atoms with van der Waals surface area (Å²) in [6.07, 6.45) is 0.999. The van der Waals surface area contributed by atoms with Crippen LogP contribution in [0.15, 0.2) is 48.5 Å². The maximum Gasteiger partial charge on any atom is 0.265 e. The first-order chi connectivity index (χ1) is 10.6. The van der Waals surface area contributed by atoms with E-state index in [1.54, 1.807) is 24.3 Å². The van der Waals surface area contributed by atoms with E-state index in [0.717, 1.165) is 12.1 Å². The first-order valence-corrected chi connectivity index (χ1v) is 7.82. The van der Waals surface area contributed by atoms with Gasteiger partial charge < -0.3 is 10.1 Å². The van der Waals surface area contributed by atoms with Gasteiger partial charge in [0.1, 0.15) is 5.75 Å². The summed E-state index contributed by atoms with van der Waals surface area (Å²) in [5, 5.41) is 3.47. The van der Waals surface area contributed by atoms with Gasteiger partial charge in [0.15, 0.2) is 6.10 Å². The lowest BCUT2D eigenvalue weighted by molar-refractivity contribution is -0.122. The van der Waals surface area contributed by atoms with Gasteiger partial charge >= 0.3 is 0 Å². The highest BCUT2D eigenvalue weighted by molar-refractivity contribution is 6.30. The summed E-state index contributed by atoms with van der Waals surface area (Å²) < 4.78 is 5.73. The molecule has 22 heavy (non-hydrogen) atoms. The maximum atomic E-state index is 12.3. The first kappa shape index (κ1) is 16.4. The van der Waals surface area contributed by atoms with Crippen molar-refractivity contribution in [2.24, 2.45) is 0 Å². The molecular weight excluding hydrogens is 298 g/mol. The third kappa shape index (κ3) is 4.50. The third-order valence-corrected chi connectivity index (χ3v) is 3.60. The fourth-order valence-corrected chi connectivity index (χ4v) is 2.25. The van der Waals surface area contributed by atoms with E-state index in [4.69, 9.17) is 16.3 Å². The van der Waals surface area contributed by atoms with E-state index in [2.05, 4.69) is 12.2 Å². The van der Waals surface area contributed by atoms with E-state index >= 15 is 0 Å². The van der Waals surface area contributed by atoms with Crippen molar-refractivity contribution in [2.75, 3.05) is 5.32 Å². The molecule has 0 saturated carbocycles. The monoisotopic (exact) mass is 317 g/mol. The molecule has 2 rings (SSSR count). The van der Waals surface area contributed by atoms with Crippen molar-refractivity contribution in [3.63, 3.8) is 0 Å². The lowest BCUT2D eigenvalue weighted by Crippen LogP contribution is -2.32. The van der Waals surface area contributed by atoms with Crippen LogP contribution in [0.2, 0.25) is 5.02 Å². The molecule has 4 heteroatoms. The smallest absolute Gasteiger partial charge is 0.265 e. The summed E-state index contributed by atoms with van der Waals surface area (Å²) in [4.78, 5) is 12.3. The highest BCUT2D eigenvalue weighted by Gasteiger charge is 2.18. The highest BCUT2D eigenvalue weighted by atomic mass is 35.5. The number of hydrogen-bond acceptors (Lipinski definition) is 2. The van der Waals surface area contributed by atoms with E-state index in [1.807, 2.05) is 31.2 Å². The number of aryl methyl sites for hydroxylation is 1. The Morgan fingerprint density at radius 2 is 1.91 bits per heavy atom. The zero-order valence-electron chi connectivity index (χ0n) is 12.8. The molecule has 116 valence electrons. The molecule has 0 saturated heterocycles. The molecule has 1 N–H and O–H groups in total. The Hall–Kier alpha value is -2.00. The number of ether oxygens (including phenoxy) is 1. The van der Waals surface area contributed by atoms with Crippen LogP contribution < -0.4 is 10.1 Å². The summed E-state index contributed by atoms with van der Waals surface area (Å²) in [7, 11) is 0. The topological polar surface area (TPSA) is 38.3 Å². The molecule has 2 aromatic rings. The predicted octanol–water partition coefficient (Wildman–Crippen LogP) is 4.70. The van der Waals surface area contributed by atoms with Crippen LogP contribution in [0, 0.1) is 0 Å². The molecule has 0 bridgehead atoms. The van der Waals surface area contributed by atoms with Crippen molar-refractivity contribution in [3.05, 3.63) is 59.1 Å². The van der Waals surface area contributed by atoms with Gasteiger partial charge in [0.2, 0.25) is 0 Å². The number of anilines is 1. The molecule has 0 radical (unpaired) electrons. The summed E-state index contributed by atoms with van der Waals surface area (Å²) in [5.74, 6) is 0.433. The fraction of sp³-hybridized carbons (Fsp3) is 0.278. The normalized spacial score (nSPS) is 11.8. The zero-order valence-corrected chi connectivity index (χ0v) is 13.6. The van der Waals surface area contributed by atoms with Crippen LogP contribution in [0.4, 0.5) is 5.69 Å². The lowest BCUT2D eigenvalue weighted by atomic mass is 10.1. The number of carbonyl (C=O) groups is 1. The van der Waals surface area contributed by atoms with Gasteiger partial charge in [-0.2, -0.15) is 0 Å². The van der Waals surface area contributed by atoms with Crippen molar-refractivity contribution >= 4 is 23.2 Å². The second-order valence-corrected chi connectivity index (χ2v) is 5.45. The van der Waals surface area contributed by atoms with Crippen LogP contribution in [0.25, 0.3) is 0 Å². The number of nitrogens with one attached hydrogen (secondary N) is 1. The Bertz CT molecular complexity index is 625. The summed E-state index contributed by atoms with van der Waals surface area (Å²) in [6, 6.07) is 14.9. The van der Waals surface area contributed by atoms with Gasteiger partial charge in [0.25, 0.3) is 5.91 Å². The van der Waals surface area contributed by atoms with Crippen LogP contribution in [0.1, 0.15) is 25.8 Å². The van der Waals surface area contributed by atoms with Crippen molar-refractivity contribution in [1.29, 1.82) is 0 Å². The third-order valence-electron chi connectivity index (χ3n) is 3.37. The maximum absolute atomic E-state index is 12.3. The zero-order chi connectivity index (χ0) is 15.9. The molecule has 0 aliphatic rings. The minimum atomic E-state index is -0.552. The molecule has 0 spiro atoms. The van der Waals surface area contributed by atoms with Crippen LogP contribution in [-0.4, -0.2) is 12.0 Å². The minimum absolute atomic E-state index is 0.160. The molecule has 1 atom stereocenters. The van der Waals surface area contributed by atoms with E-state index in [1.165, 1.54) is 5.56 Å². The van der Waals surface area contributed by atoms with Gasteiger partial charge in [0.05, 0.1) is 0 Å². The minimum Gasteiger partial charge on any atom is -0.481 e. The lowest BCUT2D eigenvalue weighted by Gasteiger charge is -2.17. The molecule has 0 fully saturated rings. The van der Waals surface area contributed by atoms with Gasteiger partial charge in [0, 0.05) is 10.7 Å². The Morgan fingerprint density at radius 3 is 2.50 bits per heavy atom. The van der Waals surface area contributed by atoms with Gasteiger partial charge in [-0.05, 0) is 48.7 Å². The number of amides is 1. The fourth-order valence-electron chi connectivity index (χ4n) is 2.07. The Balaban J connectivity index is 2.01. The summed E-state index contributed by atoms with van der Waals surface area (Å²) in [5.41, 5.74) is 2.01. The van der Waals surface area contributed by atoms with Crippen LogP contribution in [0.5, 0.6) is 5.75 Å². The number of hydrogen-bond donors (Lipinski definition) is 1. The second kappa shape index (κ2) is 7.85. The van der Waals surface area contributed by atoms with Crippen LogP contribution >= 0.6 is 11.6 Å². The van der Waals surface area contributed by atoms with Crippen molar-refractivity contribution in [3.8, 4) is 5.75 Å². The van der Waals surface area contributed by atoms with Crippen molar-refractivity contribution < 1.29 is 9.53 Å². The number of halogens is 1. The van der Waals surface area contributed by atoms with E-state index in [-0.39, 0.29) is 5.91 Å². The quantitative estimate of drug-likeness (QED) is 0.838. The van der Waals surface area contributed by atoms with Gasteiger partial charge in [-0.3, -0.25) is 4.79 Å². The Kier molecular flexibility index (Phi) is 5.84. The molecule has 0 aliphatic heterocycles. The average Bonchev–Trinajstić information content (AvgIpc) is 2.53. The average molecular weight is 318 g/mol. The highest BCUT2D eigenvalue weighted by Crippen LogP contribution is 2.20. The first-order valence-electron chi connectivity index (χ1n) is 7.44. The van der Waals surface area contributed by atoms with Gasteiger partial charge in [-0.1, -0.05) is 43.6 Å². The Morgan fingerprint density at radius 1 is 1.18 bits per heavy atom. The molecule has 0 aromatic heterocycles. The Labute approximate surface area is 136 Å². The largest absolute Gasteiger partial charge is 0.481 e. The number of carbonyl (C=O) groups excluding carboxylic acids is 1. The number of rotatable bonds is 6. The van der Waals surface area contributed by atoms with Crippen LogP contribution in [-0.2, 0) is 11.2 Å². The molecule has 0 heterocycles. The van der Waals surface area contributed by atoms with E-state index in [9.17, 15) is 4.79 Å². The molecule has 3 nitrogen and oxygen atoms in total. The molecule has 0 aliphatic carbocycles. The standard InChI is InChI=1S/C18H20ClNO2/c1-3-13-8-10-15(11-9-13)20-18(21)17(4-2)22-16-7-5-6-14(19)12-16/h5-12,17H,3-4H2,1-2H3,(H,20,21)/t17-/m0/s1. The van der Waals surface area contributed by atoms with Crippen molar-refractivity contribution in [1.82, 2.24) is 0 Å². The summed E-state index contributed by atoms with van der Waals surface area (Å²) >= 11 is 5.93. The van der Waals surface area contributed by atoms with Gasteiger partial charge in [-0.25, -0.2) is 0 Å². The molecular formula is C18H20ClNO2. The predicted molar refractivity (Wildman–Crippen MR) is 90.6 cm³/mol. The van der Waals surface area contributed by atoms with E-state index < -0.39 is 6.10 Å². The number of benzene rings is 2. The van der Waals surface area contributed by atoms with Crippen molar-refractivity contribution in [2.45, 2.75) is 32.8 Å². The molecule has 1 amide bonds. The molecule has 2 aromatic carbocycles.